The Balaban J connectivity index is 1.79. The molecule has 2 atom stereocenters. The number of aliphatic hydroxyl groups is 1. The number of amides is 1. The summed E-state index contributed by atoms with van der Waals surface area (Å²) in [5.74, 6) is -0.0693. The molecule has 2 aromatic rings. The second kappa shape index (κ2) is 6.89. The van der Waals surface area contributed by atoms with E-state index in [-0.39, 0.29) is 24.7 Å². The molecule has 1 amide bonds. The van der Waals surface area contributed by atoms with Crippen LogP contribution in [0.1, 0.15) is 12.5 Å². The second-order valence-corrected chi connectivity index (χ2v) is 5.73. The number of para-hydroxylation sites is 1. The van der Waals surface area contributed by atoms with E-state index in [2.05, 4.69) is 4.98 Å². The molecule has 1 saturated heterocycles. The molecule has 5 heteroatoms. The van der Waals surface area contributed by atoms with Gasteiger partial charge in [-0.05, 0) is 30.7 Å². The minimum atomic E-state index is -0.301. The summed E-state index contributed by atoms with van der Waals surface area (Å²) in [6.45, 7) is 2.73. The molecule has 1 aliphatic heterocycles. The van der Waals surface area contributed by atoms with E-state index in [1.807, 2.05) is 43.3 Å². The van der Waals surface area contributed by atoms with E-state index in [1.54, 1.807) is 17.2 Å². The zero-order valence-electron chi connectivity index (χ0n) is 13.1. The highest BCUT2D eigenvalue weighted by Gasteiger charge is 2.27. The summed E-state index contributed by atoms with van der Waals surface area (Å²) in [7, 11) is 0. The number of carbonyl (C=O) groups excluding carboxylic acids is 1. The highest BCUT2D eigenvalue weighted by Crippen LogP contribution is 2.18. The maximum Gasteiger partial charge on any atom is 0.246 e. The average molecular weight is 312 g/mol. The van der Waals surface area contributed by atoms with Crippen LogP contribution in [0, 0.1) is 0 Å². The molecule has 1 aliphatic rings. The number of rotatable bonds is 3. The maximum atomic E-state index is 12.5. The van der Waals surface area contributed by atoms with Crippen LogP contribution < -0.4 is 0 Å². The Labute approximate surface area is 135 Å². The Hall–Kier alpha value is -2.24. The molecule has 3 rings (SSSR count). The van der Waals surface area contributed by atoms with Crippen molar-refractivity contribution in [3.8, 4) is 0 Å². The minimum Gasteiger partial charge on any atom is -0.394 e. The number of fused-ring (bicyclic) bond motifs is 1. The van der Waals surface area contributed by atoms with Crippen molar-refractivity contribution in [2.75, 3.05) is 19.8 Å². The first-order valence-corrected chi connectivity index (χ1v) is 7.74. The molecule has 1 aromatic carbocycles. The highest BCUT2D eigenvalue weighted by atomic mass is 16.5. The lowest BCUT2D eigenvalue weighted by atomic mass is 10.1. The zero-order chi connectivity index (χ0) is 16.2. The number of ether oxygens (including phenoxy) is 1. The molecule has 0 saturated carbocycles. The van der Waals surface area contributed by atoms with Crippen molar-refractivity contribution in [3.63, 3.8) is 0 Å². The topological polar surface area (TPSA) is 62.7 Å². The van der Waals surface area contributed by atoms with Gasteiger partial charge < -0.3 is 14.7 Å². The van der Waals surface area contributed by atoms with E-state index in [9.17, 15) is 9.90 Å². The lowest BCUT2D eigenvalue weighted by molar-refractivity contribution is -0.140. The molecule has 0 aliphatic carbocycles. The number of hydrogen-bond donors (Lipinski definition) is 1. The van der Waals surface area contributed by atoms with Crippen LogP contribution >= 0.6 is 0 Å². The number of pyridine rings is 1. The summed E-state index contributed by atoms with van der Waals surface area (Å²) >= 11 is 0. The number of nitrogens with zero attached hydrogens (tertiary/aromatic N) is 2. The monoisotopic (exact) mass is 312 g/mol. The highest BCUT2D eigenvalue weighted by molar-refractivity contribution is 5.95. The lowest BCUT2D eigenvalue weighted by Crippen LogP contribution is -2.51. The van der Waals surface area contributed by atoms with Gasteiger partial charge in [0.2, 0.25) is 5.91 Å². The first-order chi connectivity index (χ1) is 11.2. The lowest BCUT2D eigenvalue weighted by Gasteiger charge is -2.36. The normalized spacial score (nSPS) is 21.9. The molecule has 1 fully saturated rings. The number of aliphatic hydroxyl groups excluding tert-OH is 1. The third-order valence-corrected chi connectivity index (χ3v) is 4.08. The molecule has 0 spiro atoms. The van der Waals surface area contributed by atoms with Crippen LogP contribution in [0.15, 0.2) is 42.6 Å². The van der Waals surface area contributed by atoms with E-state index >= 15 is 0 Å². The molecule has 2 heterocycles. The van der Waals surface area contributed by atoms with Crippen molar-refractivity contribution in [1.29, 1.82) is 0 Å². The fourth-order valence-corrected chi connectivity index (χ4v) is 2.76. The molecule has 5 nitrogen and oxygen atoms in total. The molecule has 0 bridgehead atoms. The Morgan fingerprint density at radius 1 is 1.43 bits per heavy atom. The van der Waals surface area contributed by atoms with Crippen molar-refractivity contribution in [3.05, 3.63) is 48.2 Å². The number of aromatic nitrogens is 1. The number of benzene rings is 1. The van der Waals surface area contributed by atoms with Gasteiger partial charge in [-0.15, -0.1) is 0 Å². The smallest absolute Gasteiger partial charge is 0.246 e. The van der Waals surface area contributed by atoms with Gasteiger partial charge in [-0.25, -0.2) is 0 Å². The Morgan fingerprint density at radius 3 is 3.09 bits per heavy atom. The van der Waals surface area contributed by atoms with Crippen LogP contribution in [0.4, 0.5) is 0 Å². The van der Waals surface area contributed by atoms with E-state index in [1.165, 1.54) is 0 Å². The third-order valence-electron chi connectivity index (χ3n) is 4.08. The summed E-state index contributed by atoms with van der Waals surface area (Å²) in [5.41, 5.74) is 1.87. The Kier molecular flexibility index (Phi) is 4.69. The van der Waals surface area contributed by atoms with E-state index < -0.39 is 0 Å². The van der Waals surface area contributed by atoms with Crippen LogP contribution in [0.3, 0.4) is 0 Å². The van der Waals surface area contributed by atoms with Gasteiger partial charge in [-0.3, -0.25) is 9.78 Å². The molecule has 1 N–H and O–H groups in total. The van der Waals surface area contributed by atoms with Crippen LogP contribution in [-0.4, -0.2) is 52.8 Å². The quantitative estimate of drug-likeness (QED) is 0.879. The third kappa shape index (κ3) is 3.41. The fourth-order valence-electron chi connectivity index (χ4n) is 2.76. The zero-order valence-corrected chi connectivity index (χ0v) is 13.1. The molecule has 1 aromatic heterocycles. The standard InChI is InChI=1S/C18H20N2O3/c1-13-12-23-15(11-21)10-20(13)18(22)7-6-14-8-9-19-17-5-3-2-4-16(14)17/h2-9,13,15,21H,10-12H2,1H3/b7-6+. The first kappa shape index (κ1) is 15.6. The predicted octanol–water partition coefficient (Wildman–Crippen LogP) is 1.86. The molecule has 0 radical (unpaired) electrons. The van der Waals surface area contributed by atoms with Gasteiger partial charge in [0.1, 0.15) is 0 Å². The second-order valence-electron chi connectivity index (χ2n) is 5.73. The van der Waals surface area contributed by atoms with Gasteiger partial charge >= 0.3 is 0 Å². The minimum absolute atomic E-state index is 0.00383. The van der Waals surface area contributed by atoms with Crippen LogP contribution in [0.2, 0.25) is 0 Å². The van der Waals surface area contributed by atoms with Gasteiger partial charge in [0.15, 0.2) is 0 Å². The molecule has 2 unspecified atom stereocenters. The number of morpholine rings is 1. The molecule has 120 valence electrons. The van der Waals surface area contributed by atoms with E-state index in [4.69, 9.17) is 4.74 Å². The Bertz CT molecular complexity index is 724. The molecular weight excluding hydrogens is 292 g/mol. The number of hydrogen-bond acceptors (Lipinski definition) is 4. The van der Waals surface area contributed by atoms with Gasteiger partial charge in [0.05, 0.1) is 30.9 Å². The number of carbonyl (C=O) groups is 1. The maximum absolute atomic E-state index is 12.5. The summed E-state index contributed by atoms with van der Waals surface area (Å²) in [5, 5.41) is 10.2. The van der Waals surface area contributed by atoms with Gasteiger partial charge in [-0.2, -0.15) is 0 Å². The fraction of sp³-hybridized carbons (Fsp3) is 0.333. The van der Waals surface area contributed by atoms with Crippen molar-refractivity contribution < 1.29 is 14.6 Å². The summed E-state index contributed by atoms with van der Waals surface area (Å²) < 4.78 is 5.46. The summed E-state index contributed by atoms with van der Waals surface area (Å²) in [6.07, 6.45) is 4.84. The van der Waals surface area contributed by atoms with E-state index in [0.29, 0.717) is 13.2 Å². The molecular formula is C18H20N2O3. The molecule has 23 heavy (non-hydrogen) atoms. The van der Waals surface area contributed by atoms with Crippen molar-refractivity contribution in [1.82, 2.24) is 9.88 Å². The van der Waals surface area contributed by atoms with Gasteiger partial charge in [0.25, 0.3) is 0 Å². The van der Waals surface area contributed by atoms with Crippen molar-refractivity contribution >= 4 is 22.9 Å². The Morgan fingerprint density at radius 2 is 2.26 bits per heavy atom. The van der Waals surface area contributed by atoms with Crippen LogP contribution in [0.5, 0.6) is 0 Å². The van der Waals surface area contributed by atoms with Gasteiger partial charge in [0, 0.05) is 24.2 Å². The van der Waals surface area contributed by atoms with Crippen molar-refractivity contribution in [2.24, 2.45) is 0 Å². The van der Waals surface area contributed by atoms with Crippen LogP contribution in [-0.2, 0) is 9.53 Å². The van der Waals surface area contributed by atoms with Gasteiger partial charge in [-0.1, -0.05) is 18.2 Å². The van der Waals surface area contributed by atoms with E-state index in [0.717, 1.165) is 16.5 Å². The average Bonchev–Trinajstić information content (AvgIpc) is 2.60. The predicted molar refractivity (Wildman–Crippen MR) is 88.8 cm³/mol. The van der Waals surface area contributed by atoms with Crippen LogP contribution in [0.25, 0.3) is 17.0 Å². The largest absolute Gasteiger partial charge is 0.394 e. The SMILES string of the molecule is CC1COC(CO)CN1C(=O)/C=C/c1ccnc2ccccc12. The summed E-state index contributed by atoms with van der Waals surface area (Å²) in [4.78, 5) is 18.5. The van der Waals surface area contributed by atoms with Crippen molar-refractivity contribution in [2.45, 2.75) is 19.1 Å². The summed E-state index contributed by atoms with van der Waals surface area (Å²) in [6, 6.07) is 9.74. The first-order valence-electron chi connectivity index (χ1n) is 7.74.